The Kier molecular flexibility index (Phi) is 5.07. The van der Waals surface area contributed by atoms with Crippen LogP contribution in [0, 0.1) is 0 Å². The van der Waals surface area contributed by atoms with Crippen LogP contribution in [0.25, 0.3) is 12.2 Å². The van der Waals surface area contributed by atoms with Crippen molar-refractivity contribution < 1.29 is 10.2 Å². The number of phenols is 2. The van der Waals surface area contributed by atoms with Gasteiger partial charge in [-0.15, -0.1) is 0 Å². The molecule has 2 aromatic rings. The topological polar surface area (TPSA) is 40.5 Å². The summed E-state index contributed by atoms with van der Waals surface area (Å²) in [6, 6.07) is 7.64. The zero-order chi connectivity index (χ0) is 17.4. The fraction of sp³-hybridized carbons (Fsp3) is 0.158. The van der Waals surface area contributed by atoms with Crippen LogP contribution in [0.1, 0.15) is 36.1 Å². The summed E-state index contributed by atoms with van der Waals surface area (Å²) in [5.74, 6) is 0.358. The number of benzene rings is 2. The van der Waals surface area contributed by atoms with Gasteiger partial charge in [0.2, 0.25) is 0 Å². The highest BCUT2D eigenvalue weighted by Crippen LogP contribution is 2.41. The molecule has 2 aromatic carbocycles. The molecule has 0 saturated carbocycles. The molecule has 23 heavy (non-hydrogen) atoms. The molecule has 120 valence electrons. The molecule has 4 heteroatoms. The Morgan fingerprint density at radius 1 is 0.826 bits per heavy atom. The number of rotatable bonds is 4. The maximum absolute atomic E-state index is 10.0. The van der Waals surface area contributed by atoms with Crippen LogP contribution >= 0.6 is 31.9 Å². The van der Waals surface area contributed by atoms with E-state index in [4.69, 9.17) is 0 Å². The summed E-state index contributed by atoms with van der Waals surface area (Å²) in [5.41, 5.74) is 3.03. The van der Waals surface area contributed by atoms with Crippen LogP contribution in [-0.4, -0.2) is 10.2 Å². The molecule has 0 unspecified atom stereocenters. The van der Waals surface area contributed by atoms with Gasteiger partial charge in [-0.25, -0.2) is 0 Å². The summed E-state index contributed by atoms with van der Waals surface area (Å²) in [4.78, 5) is 0. The average molecular weight is 438 g/mol. The fourth-order valence-electron chi connectivity index (χ4n) is 2.44. The molecule has 2 rings (SSSR count). The average Bonchev–Trinajstić information content (AvgIpc) is 2.52. The lowest BCUT2D eigenvalue weighted by atomic mass is 9.77. The van der Waals surface area contributed by atoms with Crippen molar-refractivity contribution in [1.82, 2.24) is 0 Å². The molecule has 0 radical (unpaired) electrons. The summed E-state index contributed by atoms with van der Waals surface area (Å²) >= 11 is 6.79. The Morgan fingerprint density at radius 3 is 1.48 bits per heavy atom. The molecule has 0 aliphatic carbocycles. The van der Waals surface area contributed by atoms with E-state index in [9.17, 15) is 10.2 Å². The van der Waals surface area contributed by atoms with Gasteiger partial charge in [0.15, 0.2) is 0 Å². The SMILES string of the molecule is C=Cc1cc(C(C)(C)c2cc(Br)c(O)c(C=C)c2)cc(Br)c1O. The van der Waals surface area contributed by atoms with Gasteiger partial charge in [-0.1, -0.05) is 39.2 Å². The molecule has 0 aliphatic rings. The second-order valence-electron chi connectivity index (χ2n) is 5.83. The van der Waals surface area contributed by atoms with Gasteiger partial charge in [0, 0.05) is 16.5 Å². The largest absolute Gasteiger partial charge is 0.506 e. The normalized spacial score (nSPS) is 11.3. The van der Waals surface area contributed by atoms with Gasteiger partial charge in [-0.05, 0) is 67.3 Å². The third kappa shape index (κ3) is 3.24. The lowest BCUT2D eigenvalue weighted by molar-refractivity contribution is 0.469. The van der Waals surface area contributed by atoms with Gasteiger partial charge >= 0.3 is 0 Å². The van der Waals surface area contributed by atoms with Crippen molar-refractivity contribution in [3.63, 3.8) is 0 Å². The summed E-state index contributed by atoms with van der Waals surface area (Å²) in [6.07, 6.45) is 3.25. The Balaban J connectivity index is 2.67. The molecule has 0 saturated heterocycles. The summed E-state index contributed by atoms with van der Waals surface area (Å²) in [5, 5.41) is 20.1. The van der Waals surface area contributed by atoms with Crippen molar-refractivity contribution in [2.24, 2.45) is 0 Å². The van der Waals surface area contributed by atoms with Crippen LogP contribution in [0.15, 0.2) is 46.4 Å². The second kappa shape index (κ2) is 6.54. The molecule has 0 spiro atoms. The van der Waals surface area contributed by atoms with Gasteiger partial charge in [0.1, 0.15) is 11.5 Å². The van der Waals surface area contributed by atoms with Crippen molar-refractivity contribution in [1.29, 1.82) is 0 Å². The van der Waals surface area contributed by atoms with Gasteiger partial charge in [-0.3, -0.25) is 0 Å². The third-order valence-corrected chi connectivity index (χ3v) is 5.28. The van der Waals surface area contributed by atoms with Gasteiger partial charge in [-0.2, -0.15) is 0 Å². The maximum Gasteiger partial charge on any atom is 0.136 e. The first kappa shape index (κ1) is 17.8. The molecular formula is C19H18Br2O2. The van der Waals surface area contributed by atoms with Crippen molar-refractivity contribution >= 4 is 44.0 Å². The summed E-state index contributed by atoms with van der Waals surface area (Å²) < 4.78 is 1.25. The second-order valence-corrected chi connectivity index (χ2v) is 7.53. The van der Waals surface area contributed by atoms with Crippen LogP contribution < -0.4 is 0 Å². The molecule has 0 aromatic heterocycles. The van der Waals surface area contributed by atoms with Crippen molar-refractivity contribution in [2.45, 2.75) is 19.3 Å². The van der Waals surface area contributed by atoms with E-state index in [-0.39, 0.29) is 16.9 Å². The molecule has 2 N–H and O–H groups in total. The first-order chi connectivity index (χ1) is 10.7. The maximum atomic E-state index is 10.0. The van der Waals surface area contributed by atoms with E-state index >= 15 is 0 Å². The van der Waals surface area contributed by atoms with Gasteiger partial charge in [0.25, 0.3) is 0 Å². The van der Waals surface area contributed by atoms with E-state index in [0.29, 0.717) is 20.1 Å². The van der Waals surface area contributed by atoms with Crippen LogP contribution in [0.2, 0.25) is 0 Å². The number of hydrogen-bond donors (Lipinski definition) is 2. The smallest absolute Gasteiger partial charge is 0.136 e. The molecule has 2 nitrogen and oxygen atoms in total. The van der Waals surface area contributed by atoms with E-state index in [1.54, 1.807) is 12.2 Å². The highest BCUT2D eigenvalue weighted by atomic mass is 79.9. The number of hydrogen-bond acceptors (Lipinski definition) is 2. The minimum absolute atomic E-state index is 0.179. The number of halogens is 2. The standard InChI is InChI=1S/C19H18Br2O2/c1-5-11-7-13(9-15(20)17(11)22)19(3,4)14-8-12(6-2)18(23)16(21)10-14/h5-10,22-23H,1-2H2,3-4H3. The Hall–Kier alpha value is -1.52. The quantitative estimate of drug-likeness (QED) is 0.594. The van der Waals surface area contributed by atoms with Crippen molar-refractivity contribution in [3.05, 3.63) is 68.6 Å². The number of aromatic hydroxyl groups is 2. The minimum atomic E-state index is -0.345. The van der Waals surface area contributed by atoms with E-state index in [2.05, 4.69) is 58.9 Å². The van der Waals surface area contributed by atoms with E-state index < -0.39 is 0 Å². The Labute approximate surface area is 153 Å². The lowest BCUT2D eigenvalue weighted by Crippen LogP contribution is -2.19. The Bertz CT molecular complexity index is 727. The molecule has 0 fully saturated rings. The predicted molar refractivity (Wildman–Crippen MR) is 104 cm³/mol. The van der Waals surface area contributed by atoms with Crippen LogP contribution in [0.5, 0.6) is 11.5 Å². The molecule has 0 aliphatic heterocycles. The van der Waals surface area contributed by atoms with Gasteiger partial charge < -0.3 is 10.2 Å². The summed E-state index contributed by atoms with van der Waals surface area (Å²) in [6.45, 7) is 11.7. The molecule has 0 amide bonds. The highest BCUT2D eigenvalue weighted by molar-refractivity contribution is 9.10. The van der Waals surface area contributed by atoms with Crippen molar-refractivity contribution in [2.75, 3.05) is 0 Å². The zero-order valence-electron chi connectivity index (χ0n) is 13.0. The van der Waals surface area contributed by atoms with Crippen LogP contribution in [-0.2, 0) is 5.41 Å². The van der Waals surface area contributed by atoms with Crippen LogP contribution in [0.3, 0.4) is 0 Å². The third-order valence-electron chi connectivity index (χ3n) is 4.07. The van der Waals surface area contributed by atoms with Crippen LogP contribution in [0.4, 0.5) is 0 Å². The van der Waals surface area contributed by atoms with E-state index in [1.807, 2.05) is 24.3 Å². The van der Waals surface area contributed by atoms with E-state index in [0.717, 1.165) is 11.1 Å². The molecular weight excluding hydrogens is 420 g/mol. The molecule has 0 atom stereocenters. The summed E-state index contributed by atoms with van der Waals surface area (Å²) in [7, 11) is 0. The number of phenolic OH excluding ortho intramolecular Hbond substituents is 2. The zero-order valence-corrected chi connectivity index (χ0v) is 16.2. The minimum Gasteiger partial charge on any atom is -0.506 e. The Morgan fingerprint density at radius 2 is 1.17 bits per heavy atom. The first-order valence-corrected chi connectivity index (χ1v) is 8.61. The molecule has 0 bridgehead atoms. The predicted octanol–water partition coefficient (Wildman–Crippen LogP) is 6.23. The highest BCUT2D eigenvalue weighted by Gasteiger charge is 2.26. The van der Waals surface area contributed by atoms with E-state index in [1.165, 1.54) is 0 Å². The van der Waals surface area contributed by atoms with Gasteiger partial charge in [0.05, 0.1) is 8.95 Å². The first-order valence-electron chi connectivity index (χ1n) is 7.03. The van der Waals surface area contributed by atoms with Crippen molar-refractivity contribution in [3.8, 4) is 11.5 Å². The fourth-order valence-corrected chi connectivity index (χ4v) is 3.39. The molecule has 0 heterocycles. The monoisotopic (exact) mass is 436 g/mol. The lowest BCUT2D eigenvalue weighted by Gasteiger charge is -2.28.